The molecule has 1 fully saturated rings. The zero-order valence-corrected chi connectivity index (χ0v) is 10.7. The van der Waals surface area contributed by atoms with Gasteiger partial charge in [0.2, 0.25) is 0 Å². The summed E-state index contributed by atoms with van der Waals surface area (Å²) in [7, 11) is 0. The van der Waals surface area contributed by atoms with E-state index in [4.69, 9.17) is 11.5 Å². The molecule has 0 spiro atoms. The Labute approximate surface area is 111 Å². The summed E-state index contributed by atoms with van der Waals surface area (Å²) >= 11 is 0. The molecular weight excluding hydrogens is 240 g/mol. The molecule has 1 saturated carbocycles. The third kappa shape index (κ3) is 2.10. The van der Waals surface area contributed by atoms with E-state index in [0.29, 0.717) is 17.8 Å². The Morgan fingerprint density at radius 3 is 2.58 bits per heavy atom. The van der Waals surface area contributed by atoms with E-state index in [1.54, 1.807) is 0 Å². The first-order valence-electron chi connectivity index (χ1n) is 6.69. The van der Waals surface area contributed by atoms with Crippen molar-refractivity contribution in [3.05, 3.63) is 30.0 Å². The van der Waals surface area contributed by atoms with Crippen LogP contribution in [0.1, 0.15) is 42.2 Å². The van der Waals surface area contributed by atoms with E-state index in [-0.39, 0.29) is 0 Å². The van der Waals surface area contributed by atoms with Gasteiger partial charge in [0, 0.05) is 11.4 Å². The normalized spacial score (nSPS) is 23.6. The predicted octanol–water partition coefficient (Wildman–Crippen LogP) is 1.58. The summed E-state index contributed by atoms with van der Waals surface area (Å²) in [5.74, 6) is -0.470. The van der Waals surface area contributed by atoms with Crippen LogP contribution in [0.25, 0.3) is 10.9 Å². The molecule has 1 aliphatic rings. The molecule has 1 aromatic heterocycles. The van der Waals surface area contributed by atoms with E-state index >= 15 is 0 Å². The van der Waals surface area contributed by atoms with Crippen molar-refractivity contribution in [2.24, 2.45) is 11.5 Å². The third-order valence-corrected chi connectivity index (χ3v) is 3.93. The summed E-state index contributed by atoms with van der Waals surface area (Å²) in [4.78, 5) is 11.5. The van der Waals surface area contributed by atoms with Gasteiger partial charge >= 0.3 is 0 Å². The van der Waals surface area contributed by atoms with Gasteiger partial charge in [-0.2, -0.15) is 5.10 Å². The second kappa shape index (κ2) is 4.66. The number of hydrogen-bond acceptors (Lipinski definition) is 3. The highest BCUT2D eigenvalue weighted by atomic mass is 16.1. The zero-order valence-electron chi connectivity index (χ0n) is 10.7. The summed E-state index contributed by atoms with van der Waals surface area (Å²) in [5, 5.41) is 5.28. The second-order valence-electron chi connectivity index (χ2n) is 5.24. The van der Waals surface area contributed by atoms with Crippen LogP contribution in [-0.2, 0) is 0 Å². The van der Waals surface area contributed by atoms with Crippen molar-refractivity contribution in [3.8, 4) is 0 Å². The highest BCUT2D eigenvalue weighted by molar-refractivity contribution is 6.04. The largest absolute Gasteiger partial charge is 0.364 e. The lowest BCUT2D eigenvalue weighted by atomic mass is 9.92. The number of carbonyl (C=O) groups is 1. The lowest BCUT2D eigenvalue weighted by molar-refractivity contribution is 0.0995. The molecule has 4 N–H and O–H groups in total. The molecule has 1 heterocycles. The van der Waals surface area contributed by atoms with E-state index in [1.165, 1.54) is 0 Å². The van der Waals surface area contributed by atoms with Crippen LogP contribution in [0.3, 0.4) is 0 Å². The fraction of sp³-hybridized carbons (Fsp3) is 0.429. The van der Waals surface area contributed by atoms with Gasteiger partial charge in [-0.05, 0) is 31.7 Å². The molecule has 2 aromatic rings. The average molecular weight is 258 g/mol. The van der Waals surface area contributed by atoms with Crippen LogP contribution in [0.5, 0.6) is 0 Å². The van der Waals surface area contributed by atoms with Crippen molar-refractivity contribution < 1.29 is 4.79 Å². The van der Waals surface area contributed by atoms with Crippen LogP contribution in [-0.4, -0.2) is 21.7 Å². The maximum Gasteiger partial charge on any atom is 0.269 e. The van der Waals surface area contributed by atoms with Crippen molar-refractivity contribution >= 4 is 16.8 Å². The first-order chi connectivity index (χ1) is 9.16. The summed E-state index contributed by atoms with van der Waals surface area (Å²) < 4.78 is 1.96. The Hall–Kier alpha value is -1.88. The van der Waals surface area contributed by atoms with E-state index in [0.717, 1.165) is 36.6 Å². The summed E-state index contributed by atoms with van der Waals surface area (Å²) in [6.45, 7) is 0. The number of nitrogens with two attached hydrogens (primary N) is 2. The Kier molecular flexibility index (Phi) is 2.98. The number of fused-ring (bicyclic) bond motifs is 1. The van der Waals surface area contributed by atoms with Crippen molar-refractivity contribution in [3.63, 3.8) is 0 Å². The fourth-order valence-corrected chi connectivity index (χ4v) is 2.90. The van der Waals surface area contributed by atoms with Gasteiger partial charge < -0.3 is 11.5 Å². The van der Waals surface area contributed by atoms with Crippen molar-refractivity contribution in [2.45, 2.75) is 37.8 Å². The van der Waals surface area contributed by atoms with Crippen LogP contribution in [0, 0.1) is 0 Å². The molecule has 0 radical (unpaired) electrons. The van der Waals surface area contributed by atoms with E-state index < -0.39 is 5.91 Å². The van der Waals surface area contributed by atoms with Gasteiger partial charge in [-0.1, -0.05) is 18.2 Å². The van der Waals surface area contributed by atoms with Crippen LogP contribution >= 0.6 is 0 Å². The van der Waals surface area contributed by atoms with Gasteiger partial charge in [-0.25, -0.2) is 0 Å². The van der Waals surface area contributed by atoms with E-state index in [2.05, 4.69) is 5.10 Å². The molecule has 100 valence electrons. The maximum absolute atomic E-state index is 11.5. The Balaban J connectivity index is 2.06. The predicted molar refractivity (Wildman–Crippen MR) is 73.7 cm³/mol. The minimum Gasteiger partial charge on any atom is -0.364 e. The second-order valence-corrected chi connectivity index (χ2v) is 5.24. The topological polar surface area (TPSA) is 86.9 Å². The molecule has 0 saturated heterocycles. The molecule has 1 aromatic carbocycles. The lowest BCUT2D eigenvalue weighted by Crippen LogP contribution is -2.28. The summed E-state index contributed by atoms with van der Waals surface area (Å²) in [6.07, 6.45) is 4.02. The van der Waals surface area contributed by atoms with Crippen molar-refractivity contribution in [2.75, 3.05) is 0 Å². The SMILES string of the molecule is NC(=O)c1nn(C2CCC(N)CC2)c2ccccc12. The molecule has 3 rings (SSSR count). The number of nitrogens with zero attached hydrogens (tertiary/aromatic N) is 2. The minimum atomic E-state index is -0.470. The molecule has 1 aliphatic carbocycles. The highest BCUT2D eigenvalue weighted by Gasteiger charge is 2.24. The number of benzene rings is 1. The molecule has 1 amide bonds. The van der Waals surface area contributed by atoms with Gasteiger partial charge in [0.15, 0.2) is 5.69 Å². The monoisotopic (exact) mass is 258 g/mol. The number of para-hydroxylation sites is 1. The lowest BCUT2D eigenvalue weighted by Gasteiger charge is -2.26. The Morgan fingerprint density at radius 1 is 1.21 bits per heavy atom. The standard InChI is InChI=1S/C14H18N4O/c15-9-5-7-10(8-6-9)18-12-4-2-1-3-11(12)13(17-18)14(16)19/h1-4,9-10H,5-8,15H2,(H2,16,19). The number of rotatable bonds is 2. The highest BCUT2D eigenvalue weighted by Crippen LogP contribution is 2.31. The molecule has 0 unspecified atom stereocenters. The maximum atomic E-state index is 11.5. The van der Waals surface area contributed by atoms with Crippen LogP contribution in [0.2, 0.25) is 0 Å². The number of aromatic nitrogens is 2. The minimum absolute atomic E-state index is 0.300. The van der Waals surface area contributed by atoms with E-state index in [1.807, 2.05) is 28.9 Å². The Morgan fingerprint density at radius 2 is 1.89 bits per heavy atom. The molecule has 5 nitrogen and oxygen atoms in total. The first-order valence-corrected chi connectivity index (χ1v) is 6.69. The number of carbonyl (C=O) groups excluding carboxylic acids is 1. The van der Waals surface area contributed by atoms with Crippen LogP contribution < -0.4 is 11.5 Å². The summed E-state index contributed by atoms with van der Waals surface area (Å²) in [5.41, 5.74) is 12.7. The van der Waals surface area contributed by atoms with Gasteiger partial charge in [-0.15, -0.1) is 0 Å². The molecule has 0 aliphatic heterocycles. The van der Waals surface area contributed by atoms with Crippen molar-refractivity contribution in [1.29, 1.82) is 0 Å². The number of primary amides is 1. The molecule has 0 bridgehead atoms. The molecule has 0 atom stereocenters. The van der Waals surface area contributed by atoms with Crippen LogP contribution in [0.4, 0.5) is 0 Å². The number of amides is 1. The average Bonchev–Trinajstić information content (AvgIpc) is 2.79. The quantitative estimate of drug-likeness (QED) is 0.857. The third-order valence-electron chi connectivity index (χ3n) is 3.93. The van der Waals surface area contributed by atoms with Gasteiger partial charge in [0.1, 0.15) is 0 Å². The molecule has 19 heavy (non-hydrogen) atoms. The fourth-order valence-electron chi connectivity index (χ4n) is 2.90. The van der Waals surface area contributed by atoms with Gasteiger partial charge in [0.25, 0.3) is 5.91 Å². The van der Waals surface area contributed by atoms with Gasteiger partial charge in [-0.3, -0.25) is 9.48 Å². The van der Waals surface area contributed by atoms with Crippen molar-refractivity contribution in [1.82, 2.24) is 9.78 Å². The molecule has 5 heteroatoms. The smallest absolute Gasteiger partial charge is 0.269 e. The zero-order chi connectivity index (χ0) is 13.4. The summed E-state index contributed by atoms with van der Waals surface area (Å²) in [6, 6.07) is 8.36. The van der Waals surface area contributed by atoms with Gasteiger partial charge in [0.05, 0.1) is 11.6 Å². The first kappa shape index (κ1) is 12.2. The number of hydrogen-bond donors (Lipinski definition) is 2. The molecular formula is C14H18N4O. The van der Waals surface area contributed by atoms with E-state index in [9.17, 15) is 4.79 Å². The van der Waals surface area contributed by atoms with Crippen LogP contribution in [0.15, 0.2) is 24.3 Å². The Bertz CT molecular complexity index is 611.